The Hall–Kier alpha value is -3.06. The lowest BCUT2D eigenvalue weighted by Crippen LogP contribution is -2.08. The average molecular weight is 278 g/mol. The molecule has 0 radical (unpaired) electrons. The SMILES string of the molecule is COc1ccccc1NC(=O)C=Cc1ccccc1C#N. The van der Waals surface area contributed by atoms with Gasteiger partial charge in [-0.3, -0.25) is 4.79 Å². The molecule has 0 saturated heterocycles. The highest BCUT2D eigenvalue weighted by Crippen LogP contribution is 2.22. The summed E-state index contributed by atoms with van der Waals surface area (Å²) in [4.78, 5) is 11.9. The van der Waals surface area contributed by atoms with E-state index in [9.17, 15) is 4.79 Å². The summed E-state index contributed by atoms with van der Waals surface area (Å²) in [5, 5.41) is 11.7. The second kappa shape index (κ2) is 6.92. The van der Waals surface area contributed by atoms with Crippen LogP contribution in [0.1, 0.15) is 11.1 Å². The summed E-state index contributed by atoms with van der Waals surface area (Å²) >= 11 is 0. The third kappa shape index (κ3) is 3.71. The maximum Gasteiger partial charge on any atom is 0.248 e. The van der Waals surface area contributed by atoms with E-state index in [1.54, 1.807) is 43.5 Å². The predicted molar refractivity (Wildman–Crippen MR) is 81.8 cm³/mol. The van der Waals surface area contributed by atoms with E-state index >= 15 is 0 Å². The molecule has 0 spiro atoms. The van der Waals surface area contributed by atoms with Crippen molar-refractivity contribution in [3.63, 3.8) is 0 Å². The lowest BCUT2D eigenvalue weighted by molar-refractivity contribution is -0.111. The van der Waals surface area contributed by atoms with Gasteiger partial charge in [-0.25, -0.2) is 0 Å². The maximum atomic E-state index is 11.9. The van der Waals surface area contributed by atoms with Gasteiger partial charge in [0.2, 0.25) is 5.91 Å². The molecular formula is C17H14N2O2. The molecule has 1 amide bonds. The summed E-state index contributed by atoms with van der Waals surface area (Å²) in [5.41, 5.74) is 1.83. The van der Waals surface area contributed by atoms with Crippen LogP contribution in [0.3, 0.4) is 0 Å². The first-order valence-electron chi connectivity index (χ1n) is 6.36. The van der Waals surface area contributed by atoms with E-state index in [4.69, 9.17) is 10.00 Å². The number of carbonyl (C=O) groups excluding carboxylic acids is 1. The van der Waals surface area contributed by atoms with Gasteiger partial charge in [0, 0.05) is 6.08 Å². The van der Waals surface area contributed by atoms with Crippen LogP contribution in [0, 0.1) is 11.3 Å². The molecule has 4 nitrogen and oxygen atoms in total. The summed E-state index contributed by atoms with van der Waals surface area (Å²) in [6.07, 6.45) is 3.01. The summed E-state index contributed by atoms with van der Waals surface area (Å²) in [5.74, 6) is 0.309. The number of para-hydroxylation sites is 2. The van der Waals surface area contributed by atoms with Gasteiger partial charge >= 0.3 is 0 Å². The molecule has 1 N–H and O–H groups in total. The van der Waals surface area contributed by atoms with E-state index in [0.717, 1.165) is 0 Å². The molecule has 4 heteroatoms. The molecule has 0 aliphatic heterocycles. The van der Waals surface area contributed by atoms with E-state index in [1.807, 2.05) is 18.2 Å². The molecule has 0 fully saturated rings. The Kier molecular flexibility index (Phi) is 4.73. The Balaban J connectivity index is 2.12. The Morgan fingerprint density at radius 1 is 1.19 bits per heavy atom. The van der Waals surface area contributed by atoms with Crippen molar-refractivity contribution >= 4 is 17.7 Å². The number of anilines is 1. The zero-order valence-electron chi connectivity index (χ0n) is 11.5. The van der Waals surface area contributed by atoms with Crippen molar-refractivity contribution in [1.29, 1.82) is 5.26 Å². The van der Waals surface area contributed by atoms with Crippen molar-refractivity contribution in [2.24, 2.45) is 0 Å². The second-order valence-corrected chi connectivity index (χ2v) is 4.22. The number of hydrogen-bond acceptors (Lipinski definition) is 3. The highest BCUT2D eigenvalue weighted by Gasteiger charge is 2.04. The van der Waals surface area contributed by atoms with Crippen LogP contribution in [0.5, 0.6) is 5.75 Å². The van der Waals surface area contributed by atoms with Crippen LogP contribution in [-0.4, -0.2) is 13.0 Å². The van der Waals surface area contributed by atoms with E-state index in [1.165, 1.54) is 6.08 Å². The quantitative estimate of drug-likeness (QED) is 0.873. The van der Waals surface area contributed by atoms with Gasteiger partial charge in [0.1, 0.15) is 5.75 Å². The normalized spacial score (nSPS) is 10.1. The van der Waals surface area contributed by atoms with Gasteiger partial charge in [-0.05, 0) is 29.8 Å². The summed E-state index contributed by atoms with van der Waals surface area (Å²) in [7, 11) is 1.55. The lowest BCUT2D eigenvalue weighted by atomic mass is 10.1. The molecule has 21 heavy (non-hydrogen) atoms. The minimum Gasteiger partial charge on any atom is -0.495 e. The van der Waals surface area contributed by atoms with Crippen molar-refractivity contribution in [2.75, 3.05) is 12.4 Å². The van der Waals surface area contributed by atoms with Gasteiger partial charge in [0.25, 0.3) is 0 Å². The molecule has 0 saturated carbocycles. The number of ether oxygens (including phenoxy) is 1. The van der Waals surface area contributed by atoms with Crippen LogP contribution in [0.25, 0.3) is 6.08 Å². The van der Waals surface area contributed by atoms with E-state index < -0.39 is 0 Å². The Morgan fingerprint density at radius 3 is 2.67 bits per heavy atom. The number of nitrogens with one attached hydrogen (secondary N) is 1. The maximum absolute atomic E-state index is 11.9. The predicted octanol–water partition coefficient (Wildman–Crippen LogP) is 3.22. The average Bonchev–Trinajstić information content (AvgIpc) is 2.53. The second-order valence-electron chi connectivity index (χ2n) is 4.22. The van der Waals surface area contributed by atoms with Crippen molar-refractivity contribution in [1.82, 2.24) is 0 Å². The summed E-state index contributed by atoms with van der Waals surface area (Å²) < 4.78 is 5.16. The third-order valence-electron chi connectivity index (χ3n) is 2.86. The number of benzene rings is 2. The van der Waals surface area contributed by atoms with E-state index in [-0.39, 0.29) is 5.91 Å². The fourth-order valence-corrected chi connectivity index (χ4v) is 1.83. The van der Waals surface area contributed by atoms with Gasteiger partial charge in [0.15, 0.2) is 0 Å². The van der Waals surface area contributed by atoms with Crippen LogP contribution in [-0.2, 0) is 4.79 Å². The Labute approximate surface area is 123 Å². The highest BCUT2D eigenvalue weighted by molar-refractivity contribution is 6.02. The molecule has 2 aromatic carbocycles. The molecule has 2 rings (SSSR count). The van der Waals surface area contributed by atoms with Gasteiger partial charge < -0.3 is 10.1 Å². The molecular weight excluding hydrogens is 264 g/mol. The molecule has 0 heterocycles. The van der Waals surface area contributed by atoms with Gasteiger partial charge in [-0.2, -0.15) is 5.26 Å². The number of amides is 1. The minimum atomic E-state index is -0.285. The van der Waals surface area contributed by atoms with Gasteiger partial charge in [-0.15, -0.1) is 0 Å². The molecule has 104 valence electrons. The van der Waals surface area contributed by atoms with E-state index in [0.29, 0.717) is 22.6 Å². The highest BCUT2D eigenvalue weighted by atomic mass is 16.5. The largest absolute Gasteiger partial charge is 0.495 e. The van der Waals surface area contributed by atoms with Crippen molar-refractivity contribution in [2.45, 2.75) is 0 Å². The van der Waals surface area contributed by atoms with Crippen molar-refractivity contribution in [3.8, 4) is 11.8 Å². The summed E-state index contributed by atoms with van der Waals surface area (Å²) in [6.45, 7) is 0. The van der Waals surface area contributed by atoms with Crippen LogP contribution < -0.4 is 10.1 Å². The summed E-state index contributed by atoms with van der Waals surface area (Å²) in [6, 6.07) is 16.3. The number of hydrogen-bond donors (Lipinski definition) is 1. The molecule has 0 bridgehead atoms. The Bertz CT molecular complexity index is 715. The monoisotopic (exact) mass is 278 g/mol. The molecule has 0 atom stereocenters. The molecule has 0 aromatic heterocycles. The fraction of sp³-hybridized carbons (Fsp3) is 0.0588. The molecule has 0 unspecified atom stereocenters. The molecule has 0 aliphatic rings. The molecule has 0 aliphatic carbocycles. The number of carbonyl (C=O) groups is 1. The number of methoxy groups -OCH3 is 1. The smallest absolute Gasteiger partial charge is 0.248 e. The van der Waals surface area contributed by atoms with Crippen molar-refractivity contribution < 1.29 is 9.53 Å². The zero-order chi connectivity index (χ0) is 15.1. The first-order chi connectivity index (χ1) is 10.2. The van der Waals surface area contributed by atoms with Crippen LogP contribution in [0.4, 0.5) is 5.69 Å². The topological polar surface area (TPSA) is 62.1 Å². The van der Waals surface area contributed by atoms with Crippen molar-refractivity contribution in [3.05, 3.63) is 65.7 Å². The Morgan fingerprint density at radius 2 is 1.90 bits per heavy atom. The minimum absolute atomic E-state index is 0.285. The van der Waals surface area contributed by atoms with Gasteiger partial charge in [0.05, 0.1) is 24.4 Å². The van der Waals surface area contributed by atoms with Crippen LogP contribution in [0.15, 0.2) is 54.6 Å². The lowest BCUT2D eigenvalue weighted by Gasteiger charge is -2.07. The zero-order valence-corrected chi connectivity index (χ0v) is 11.5. The third-order valence-corrected chi connectivity index (χ3v) is 2.86. The fourth-order valence-electron chi connectivity index (χ4n) is 1.83. The molecule has 2 aromatic rings. The number of nitriles is 1. The van der Waals surface area contributed by atoms with Gasteiger partial charge in [-0.1, -0.05) is 30.3 Å². The standard InChI is InChI=1S/C17H14N2O2/c1-21-16-9-5-4-8-15(16)19-17(20)11-10-13-6-2-3-7-14(13)12-18/h2-11H,1H3,(H,19,20). The van der Waals surface area contributed by atoms with Crippen LogP contribution in [0.2, 0.25) is 0 Å². The number of rotatable bonds is 4. The first-order valence-corrected chi connectivity index (χ1v) is 6.36. The first kappa shape index (κ1) is 14.4. The number of nitrogens with zero attached hydrogens (tertiary/aromatic N) is 1. The van der Waals surface area contributed by atoms with E-state index in [2.05, 4.69) is 11.4 Å². The van der Waals surface area contributed by atoms with Crippen LogP contribution >= 0.6 is 0 Å².